The number of imidazole rings is 1. The predicted molar refractivity (Wildman–Crippen MR) is 110 cm³/mol. The van der Waals surface area contributed by atoms with Gasteiger partial charge in [0, 0.05) is 31.4 Å². The molecule has 0 unspecified atom stereocenters. The third-order valence-electron chi connectivity index (χ3n) is 5.69. The summed E-state index contributed by atoms with van der Waals surface area (Å²) in [6.07, 6.45) is 6.33. The molecule has 1 saturated carbocycles. The third kappa shape index (κ3) is 3.86. The van der Waals surface area contributed by atoms with Crippen LogP contribution in [0.4, 0.5) is 10.2 Å². The maximum Gasteiger partial charge on any atom is 0.180 e. The predicted octanol–water partition coefficient (Wildman–Crippen LogP) is 2.99. The number of nitrogens with one attached hydrogen (secondary N) is 1. The van der Waals surface area contributed by atoms with Gasteiger partial charge in [-0.2, -0.15) is 0 Å². The molecule has 8 heteroatoms. The van der Waals surface area contributed by atoms with Crippen LogP contribution in [0.15, 0.2) is 42.9 Å². The van der Waals surface area contributed by atoms with Crippen molar-refractivity contribution < 1.29 is 9.50 Å². The van der Waals surface area contributed by atoms with Gasteiger partial charge in [0.2, 0.25) is 0 Å². The smallest absolute Gasteiger partial charge is 0.180 e. The van der Waals surface area contributed by atoms with Crippen LogP contribution in [-0.4, -0.2) is 43.8 Å². The number of aromatic nitrogens is 4. The summed E-state index contributed by atoms with van der Waals surface area (Å²) >= 11 is 0. The van der Waals surface area contributed by atoms with Gasteiger partial charge in [-0.05, 0) is 56.0 Å². The van der Waals surface area contributed by atoms with E-state index in [9.17, 15) is 9.50 Å². The lowest BCUT2D eigenvalue weighted by atomic mass is 9.82. The molecule has 0 radical (unpaired) electrons. The number of anilines is 1. The van der Waals surface area contributed by atoms with E-state index in [4.69, 9.17) is 5.73 Å². The van der Waals surface area contributed by atoms with Gasteiger partial charge in [-0.25, -0.2) is 19.3 Å². The Morgan fingerprint density at radius 3 is 2.59 bits per heavy atom. The van der Waals surface area contributed by atoms with Crippen molar-refractivity contribution in [1.82, 2.24) is 19.5 Å². The van der Waals surface area contributed by atoms with E-state index in [0.29, 0.717) is 30.2 Å². The average molecular weight is 396 g/mol. The van der Waals surface area contributed by atoms with Crippen molar-refractivity contribution in [3.05, 3.63) is 48.7 Å². The maximum absolute atomic E-state index is 13.4. The second-order valence-corrected chi connectivity index (χ2v) is 7.53. The lowest BCUT2D eigenvalue weighted by Gasteiger charge is -2.36. The van der Waals surface area contributed by atoms with E-state index < -0.39 is 5.60 Å². The van der Waals surface area contributed by atoms with Gasteiger partial charge in [0.1, 0.15) is 17.3 Å². The van der Waals surface area contributed by atoms with Gasteiger partial charge in [-0.3, -0.25) is 0 Å². The van der Waals surface area contributed by atoms with Crippen LogP contribution >= 0.6 is 0 Å². The average Bonchev–Trinajstić information content (AvgIpc) is 3.20. The Morgan fingerprint density at radius 2 is 1.93 bits per heavy atom. The Bertz CT molecular complexity index is 979. The molecule has 0 aliphatic heterocycles. The standard InChI is InChI=1S/C21H25FN6O/c1-24-17-8-11-25-20(27-17)19-18(14-2-4-15(22)5-3-14)26-13-28(19)16-6-9-21(29,12-23)10-7-16/h2-5,8,11,13,16,29H,6-7,9-10,12,23H2,1H3,(H,24,25,27). The van der Waals surface area contributed by atoms with Crippen LogP contribution in [0.25, 0.3) is 22.8 Å². The summed E-state index contributed by atoms with van der Waals surface area (Å²) in [4.78, 5) is 13.7. The van der Waals surface area contributed by atoms with Crippen LogP contribution in [0.2, 0.25) is 0 Å². The quantitative estimate of drug-likeness (QED) is 0.613. The maximum atomic E-state index is 13.4. The van der Waals surface area contributed by atoms with Crippen LogP contribution in [0.1, 0.15) is 31.7 Å². The minimum atomic E-state index is -0.792. The monoisotopic (exact) mass is 396 g/mol. The van der Waals surface area contributed by atoms with Gasteiger partial charge < -0.3 is 20.7 Å². The second-order valence-electron chi connectivity index (χ2n) is 7.53. The van der Waals surface area contributed by atoms with Gasteiger partial charge in [0.05, 0.1) is 17.6 Å². The molecule has 0 bridgehead atoms. The molecule has 0 atom stereocenters. The van der Waals surface area contributed by atoms with Gasteiger partial charge >= 0.3 is 0 Å². The second kappa shape index (κ2) is 7.88. The first kappa shape index (κ1) is 19.5. The van der Waals surface area contributed by atoms with E-state index in [2.05, 4.69) is 24.8 Å². The lowest BCUT2D eigenvalue weighted by Crippen LogP contribution is -2.41. The summed E-state index contributed by atoms with van der Waals surface area (Å²) in [5.41, 5.74) is 7.24. The molecule has 7 nitrogen and oxygen atoms in total. The fourth-order valence-electron chi connectivity index (χ4n) is 3.91. The molecule has 1 aromatic carbocycles. The molecule has 0 spiro atoms. The molecule has 0 saturated heterocycles. The zero-order chi connectivity index (χ0) is 20.4. The van der Waals surface area contributed by atoms with E-state index in [1.165, 1.54) is 12.1 Å². The van der Waals surface area contributed by atoms with Crippen LogP contribution in [-0.2, 0) is 0 Å². The first-order chi connectivity index (χ1) is 14.0. The Kier molecular flexibility index (Phi) is 5.29. The van der Waals surface area contributed by atoms with E-state index in [0.717, 1.165) is 24.1 Å². The Labute approximate surface area is 168 Å². The molecule has 0 amide bonds. The minimum Gasteiger partial charge on any atom is -0.389 e. The van der Waals surface area contributed by atoms with Gasteiger partial charge in [-0.1, -0.05) is 0 Å². The van der Waals surface area contributed by atoms with Crippen molar-refractivity contribution in [3.63, 3.8) is 0 Å². The largest absolute Gasteiger partial charge is 0.389 e. The van der Waals surface area contributed by atoms with E-state index >= 15 is 0 Å². The highest BCUT2D eigenvalue weighted by atomic mass is 19.1. The minimum absolute atomic E-state index is 0.153. The molecule has 4 rings (SSSR count). The summed E-state index contributed by atoms with van der Waals surface area (Å²) in [5, 5.41) is 13.5. The van der Waals surface area contributed by atoms with E-state index in [1.54, 1.807) is 37.8 Å². The van der Waals surface area contributed by atoms with Gasteiger partial charge in [-0.15, -0.1) is 0 Å². The summed E-state index contributed by atoms with van der Waals surface area (Å²) in [6, 6.07) is 8.21. The van der Waals surface area contributed by atoms with Crippen LogP contribution in [0.3, 0.4) is 0 Å². The third-order valence-corrected chi connectivity index (χ3v) is 5.69. The number of hydrogen-bond acceptors (Lipinski definition) is 6. The Hall–Kier alpha value is -2.84. The van der Waals surface area contributed by atoms with E-state index in [1.807, 2.05) is 0 Å². The summed E-state index contributed by atoms with van der Waals surface area (Å²) in [5.74, 6) is 0.957. The van der Waals surface area contributed by atoms with Crippen LogP contribution < -0.4 is 11.1 Å². The number of halogens is 1. The summed E-state index contributed by atoms with van der Waals surface area (Å²) in [7, 11) is 1.80. The van der Waals surface area contributed by atoms with Crippen molar-refractivity contribution in [2.45, 2.75) is 37.3 Å². The number of nitrogens with zero attached hydrogens (tertiary/aromatic N) is 4. The molecule has 29 heavy (non-hydrogen) atoms. The van der Waals surface area contributed by atoms with Crippen LogP contribution in [0, 0.1) is 5.82 Å². The fraction of sp³-hybridized carbons (Fsp3) is 0.381. The first-order valence-corrected chi connectivity index (χ1v) is 9.79. The lowest BCUT2D eigenvalue weighted by molar-refractivity contribution is 0.000993. The van der Waals surface area contributed by atoms with Crippen LogP contribution in [0.5, 0.6) is 0 Å². The van der Waals surface area contributed by atoms with Crippen molar-refractivity contribution in [2.24, 2.45) is 5.73 Å². The molecule has 1 fully saturated rings. The number of nitrogens with two attached hydrogens (primary N) is 1. The SMILES string of the molecule is CNc1ccnc(-c2c(-c3ccc(F)cc3)ncn2C2CCC(O)(CN)CC2)n1. The molecule has 1 aliphatic carbocycles. The molecule has 2 aromatic heterocycles. The Morgan fingerprint density at radius 1 is 1.21 bits per heavy atom. The van der Waals surface area contributed by atoms with Crippen molar-refractivity contribution in [3.8, 4) is 22.8 Å². The molecule has 3 aromatic rings. The van der Waals surface area contributed by atoms with Gasteiger partial charge in [0.15, 0.2) is 5.82 Å². The summed E-state index contributed by atoms with van der Waals surface area (Å²) in [6.45, 7) is 0.269. The Balaban J connectivity index is 1.78. The highest BCUT2D eigenvalue weighted by Gasteiger charge is 2.34. The summed E-state index contributed by atoms with van der Waals surface area (Å²) < 4.78 is 15.5. The van der Waals surface area contributed by atoms with Crippen molar-refractivity contribution in [1.29, 1.82) is 0 Å². The molecular weight excluding hydrogens is 371 g/mol. The van der Waals surface area contributed by atoms with Gasteiger partial charge in [0.25, 0.3) is 0 Å². The zero-order valence-electron chi connectivity index (χ0n) is 16.3. The first-order valence-electron chi connectivity index (χ1n) is 9.79. The number of aliphatic hydroxyl groups is 1. The normalized spacial score (nSPS) is 21.9. The fourth-order valence-corrected chi connectivity index (χ4v) is 3.91. The number of hydrogen-bond donors (Lipinski definition) is 3. The zero-order valence-corrected chi connectivity index (χ0v) is 16.3. The van der Waals surface area contributed by atoms with E-state index in [-0.39, 0.29) is 18.4 Å². The molecule has 1 aliphatic rings. The molecule has 2 heterocycles. The number of rotatable bonds is 5. The molecule has 4 N–H and O–H groups in total. The highest BCUT2D eigenvalue weighted by Crippen LogP contribution is 2.39. The molecule has 152 valence electrons. The number of benzene rings is 1. The highest BCUT2D eigenvalue weighted by molar-refractivity contribution is 5.75. The van der Waals surface area contributed by atoms with Crippen molar-refractivity contribution >= 4 is 5.82 Å². The molecular formula is C21H25FN6O. The van der Waals surface area contributed by atoms with Crippen molar-refractivity contribution in [2.75, 3.05) is 18.9 Å². The topological polar surface area (TPSA) is 102 Å².